The number of halogens is 1. The van der Waals surface area contributed by atoms with Crippen molar-refractivity contribution in [3.8, 4) is 11.5 Å². The molecule has 0 amide bonds. The standard InChI is InChI=1S/C11H13ClN6O2/c1-6-15-17-11(18(6)13)16-14-5-7-3-10(20-2)9(19)4-8(7)12/h3-5,19H,13H2,1-2H3,(H,16,17)/b14-5+. The third-order valence-electron chi connectivity index (χ3n) is 2.53. The maximum atomic E-state index is 9.55. The summed E-state index contributed by atoms with van der Waals surface area (Å²) in [6.07, 6.45) is 1.45. The first-order chi connectivity index (χ1) is 9.52. The average molecular weight is 297 g/mol. The van der Waals surface area contributed by atoms with Gasteiger partial charge in [-0.2, -0.15) is 5.10 Å². The third-order valence-corrected chi connectivity index (χ3v) is 2.86. The summed E-state index contributed by atoms with van der Waals surface area (Å²) < 4.78 is 6.25. The van der Waals surface area contributed by atoms with E-state index in [2.05, 4.69) is 20.7 Å². The third kappa shape index (κ3) is 2.75. The highest BCUT2D eigenvalue weighted by atomic mass is 35.5. The highest BCUT2D eigenvalue weighted by molar-refractivity contribution is 6.33. The molecular weight excluding hydrogens is 284 g/mol. The van der Waals surface area contributed by atoms with Crippen molar-refractivity contribution in [3.05, 3.63) is 28.5 Å². The minimum atomic E-state index is -0.0417. The van der Waals surface area contributed by atoms with Gasteiger partial charge in [0.15, 0.2) is 17.3 Å². The quantitative estimate of drug-likeness (QED) is 0.443. The van der Waals surface area contributed by atoms with Crippen LogP contribution in [0.5, 0.6) is 11.5 Å². The van der Waals surface area contributed by atoms with E-state index in [1.807, 2.05) is 0 Å². The molecule has 2 aromatic rings. The summed E-state index contributed by atoms with van der Waals surface area (Å²) in [5.74, 6) is 6.75. The fraction of sp³-hybridized carbons (Fsp3) is 0.182. The van der Waals surface area contributed by atoms with Gasteiger partial charge in [-0.05, 0) is 13.0 Å². The number of phenolic OH excluding ortho intramolecular Hbond substituents is 1. The Balaban J connectivity index is 2.17. The predicted octanol–water partition coefficient (Wildman–Crippen LogP) is 1.11. The van der Waals surface area contributed by atoms with Gasteiger partial charge >= 0.3 is 0 Å². The van der Waals surface area contributed by atoms with Crippen LogP contribution in [0, 0.1) is 6.92 Å². The number of benzene rings is 1. The largest absolute Gasteiger partial charge is 0.504 e. The molecule has 0 saturated heterocycles. The van der Waals surface area contributed by atoms with Gasteiger partial charge in [0.05, 0.1) is 18.3 Å². The first-order valence-corrected chi connectivity index (χ1v) is 5.93. The van der Waals surface area contributed by atoms with E-state index < -0.39 is 0 Å². The lowest BCUT2D eigenvalue weighted by Crippen LogP contribution is -2.13. The molecule has 0 aliphatic rings. The molecule has 0 bridgehead atoms. The minimum absolute atomic E-state index is 0.0417. The number of anilines is 1. The molecule has 0 aliphatic heterocycles. The topological polar surface area (TPSA) is 111 Å². The summed E-state index contributed by atoms with van der Waals surface area (Å²) >= 11 is 5.98. The highest BCUT2D eigenvalue weighted by Crippen LogP contribution is 2.31. The fourth-order valence-electron chi connectivity index (χ4n) is 1.43. The number of aryl methyl sites for hydroxylation is 1. The molecule has 0 fully saturated rings. The fourth-order valence-corrected chi connectivity index (χ4v) is 1.63. The van der Waals surface area contributed by atoms with Gasteiger partial charge in [0.2, 0.25) is 0 Å². The molecule has 0 atom stereocenters. The van der Waals surface area contributed by atoms with Crippen LogP contribution in [0.25, 0.3) is 0 Å². The van der Waals surface area contributed by atoms with Gasteiger partial charge in [-0.1, -0.05) is 11.6 Å². The molecular formula is C11H13ClN6O2. The van der Waals surface area contributed by atoms with Crippen molar-refractivity contribution < 1.29 is 9.84 Å². The molecule has 4 N–H and O–H groups in total. The van der Waals surface area contributed by atoms with Crippen molar-refractivity contribution in [1.29, 1.82) is 0 Å². The van der Waals surface area contributed by atoms with E-state index in [0.717, 1.165) is 0 Å². The lowest BCUT2D eigenvalue weighted by atomic mass is 10.2. The van der Waals surface area contributed by atoms with Crippen molar-refractivity contribution >= 4 is 23.8 Å². The lowest BCUT2D eigenvalue weighted by molar-refractivity contribution is 0.373. The molecule has 0 spiro atoms. The Kier molecular flexibility index (Phi) is 3.94. The Morgan fingerprint density at radius 1 is 1.50 bits per heavy atom. The zero-order chi connectivity index (χ0) is 14.7. The highest BCUT2D eigenvalue weighted by Gasteiger charge is 2.07. The molecule has 8 nitrogen and oxygen atoms in total. The van der Waals surface area contributed by atoms with Gasteiger partial charge in [0.1, 0.15) is 0 Å². The summed E-state index contributed by atoms with van der Waals surface area (Å²) in [6, 6.07) is 2.93. The van der Waals surface area contributed by atoms with Crippen molar-refractivity contribution in [2.75, 3.05) is 18.4 Å². The number of hydrogen-bond donors (Lipinski definition) is 3. The van der Waals surface area contributed by atoms with E-state index in [9.17, 15) is 5.11 Å². The Hall–Kier alpha value is -2.48. The van der Waals surface area contributed by atoms with E-state index in [1.54, 1.807) is 13.0 Å². The number of nitrogens with two attached hydrogens (primary N) is 1. The molecule has 1 aromatic heterocycles. The Morgan fingerprint density at radius 3 is 2.85 bits per heavy atom. The predicted molar refractivity (Wildman–Crippen MR) is 75.8 cm³/mol. The van der Waals surface area contributed by atoms with Crippen LogP contribution >= 0.6 is 11.6 Å². The normalized spacial score (nSPS) is 10.9. The van der Waals surface area contributed by atoms with Crippen LogP contribution in [0.1, 0.15) is 11.4 Å². The second-order valence-corrected chi connectivity index (χ2v) is 4.26. The summed E-state index contributed by atoms with van der Waals surface area (Å²) in [4.78, 5) is 0. The number of ether oxygens (including phenoxy) is 1. The van der Waals surface area contributed by atoms with E-state index in [1.165, 1.54) is 24.1 Å². The summed E-state index contributed by atoms with van der Waals surface area (Å²) in [5, 5.41) is 21.4. The number of aromatic nitrogens is 3. The van der Waals surface area contributed by atoms with Crippen LogP contribution in [0.2, 0.25) is 5.02 Å². The van der Waals surface area contributed by atoms with Crippen molar-refractivity contribution in [2.24, 2.45) is 5.10 Å². The molecule has 1 aromatic carbocycles. The van der Waals surface area contributed by atoms with Crippen LogP contribution in [0.4, 0.5) is 5.95 Å². The second kappa shape index (κ2) is 5.66. The van der Waals surface area contributed by atoms with Crippen molar-refractivity contribution in [3.63, 3.8) is 0 Å². The zero-order valence-electron chi connectivity index (χ0n) is 10.8. The van der Waals surface area contributed by atoms with E-state index >= 15 is 0 Å². The maximum Gasteiger partial charge on any atom is 0.263 e. The van der Waals surface area contributed by atoms with Gasteiger partial charge in [0, 0.05) is 11.6 Å². The van der Waals surface area contributed by atoms with Gasteiger partial charge in [-0.3, -0.25) is 0 Å². The van der Waals surface area contributed by atoms with Gasteiger partial charge < -0.3 is 15.7 Å². The number of nitrogens with one attached hydrogen (secondary N) is 1. The number of nitrogens with zero attached hydrogens (tertiary/aromatic N) is 4. The van der Waals surface area contributed by atoms with Gasteiger partial charge in [-0.25, -0.2) is 10.1 Å². The zero-order valence-corrected chi connectivity index (χ0v) is 11.6. The summed E-state index contributed by atoms with van der Waals surface area (Å²) in [5.41, 5.74) is 3.20. The van der Waals surface area contributed by atoms with Crippen LogP contribution in [0.15, 0.2) is 17.2 Å². The average Bonchev–Trinajstić information content (AvgIpc) is 2.73. The minimum Gasteiger partial charge on any atom is -0.504 e. The molecule has 9 heteroatoms. The first kappa shape index (κ1) is 13.9. The SMILES string of the molecule is COc1cc(/C=N/Nc2nnc(C)n2N)c(Cl)cc1O. The van der Waals surface area contributed by atoms with E-state index in [-0.39, 0.29) is 5.75 Å². The molecule has 0 radical (unpaired) electrons. The molecule has 106 valence electrons. The van der Waals surface area contributed by atoms with Crippen molar-refractivity contribution in [1.82, 2.24) is 14.9 Å². The molecule has 0 saturated carbocycles. The van der Waals surface area contributed by atoms with E-state index in [0.29, 0.717) is 28.1 Å². The molecule has 0 unspecified atom stereocenters. The molecule has 0 aliphatic carbocycles. The summed E-state index contributed by atoms with van der Waals surface area (Å²) in [6.45, 7) is 1.71. The number of nitrogen functional groups attached to an aromatic ring is 1. The first-order valence-electron chi connectivity index (χ1n) is 5.55. The van der Waals surface area contributed by atoms with Crippen molar-refractivity contribution in [2.45, 2.75) is 6.92 Å². The smallest absolute Gasteiger partial charge is 0.263 e. The molecule has 2 rings (SSSR count). The number of hydrogen-bond acceptors (Lipinski definition) is 7. The molecule has 1 heterocycles. The van der Waals surface area contributed by atoms with E-state index in [4.69, 9.17) is 22.2 Å². The Bertz CT molecular complexity index is 655. The second-order valence-electron chi connectivity index (χ2n) is 3.86. The number of aromatic hydroxyl groups is 1. The van der Waals surface area contributed by atoms with Gasteiger partial charge in [0.25, 0.3) is 5.95 Å². The van der Waals surface area contributed by atoms with Crippen LogP contribution in [-0.2, 0) is 0 Å². The summed E-state index contributed by atoms with van der Waals surface area (Å²) in [7, 11) is 1.45. The monoisotopic (exact) mass is 296 g/mol. The maximum absolute atomic E-state index is 9.55. The van der Waals surface area contributed by atoms with Crippen LogP contribution in [0.3, 0.4) is 0 Å². The lowest BCUT2D eigenvalue weighted by Gasteiger charge is -2.06. The Labute approximate surface area is 119 Å². The van der Waals surface area contributed by atoms with Crippen LogP contribution in [-0.4, -0.2) is 33.3 Å². The Morgan fingerprint density at radius 2 is 2.25 bits per heavy atom. The van der Waals surface area contributed by atoms with Crippen LogP contribution < -0.4 is 16.0 Å². The number of hydrazone groups is 1. The van der Waals surface area contributed by atoms with Gasteiger partial charge in [-0.15, -0.1) is 10.2 Å². The molecule has 20 heavy (non-hydrogen) atoms. The number of rotatable bonds is 4. The number of methoxy groups -OCH3 is 1. The number of phenols is 1.